The molecule has 0 spiro atoms. The van der Waals surface area contributed by atoms with Crippen molar-refractivity contribution in [1.29, 1.82) is 0 Å². The van der Waals surface area contributed by atoms with Gasteiger partial charge < -0.3 is 16.8 Å². The molecule has 0 fully saturated rings. The molecule has 2 rings (SSSR count). The van der Waals surface area contributed by atoms with Crippen LogP contribution in [0.25, 0.3) is 0 Å². The van der Waals surface area contributed by atoms with E-state index in [1.165, 1.54) is 15.3 Å². The Bertz CT molecular complexity index is 495. The van der Waals surface area contributed by atoms with Crippen molar-refractivity contribution in [1.82, 2.24) is 9.97 Å². The molecule has 5 nitrogen and oxygen atoms in total. The summed E-state index contributed by atoms with van der Waals surface area (Å²) in [6.07, 6.45) is 0. The Morgan fingerprint density at radius 3 is 2.59 bits per heavy atom. The standard InChI is InChI=1S/C11H15N5S/c1-6-3-8(17-7(6)2)5-14-10-4-9(12)15-11(13)16-10/h3-4H,5H2,1-2H3,(H5,12,13,14,15,16). The Kier molecular flexibility index (Phi) is 3.14. The van der Waals surface area contributed by atoms with Crippen molar-refractivity contribution >= 4 is 28.9 Å². The molecule has 0 aromatic carbocycles. The summed E-state index contributed by atoms with van der Waals surface area (Å²) in [5, 5.41) is 3.18. The van der Waals surface area contributed by atoms with Crippen LogP contribution in [-0.4, -0.2) is 9.97 Å². The van der Waals surface area contributed by atoms with E-state index in [1.807, 2.05) is 0 Å². The minimum atomic E-state index is 0.186. The predicted molar refractivity (Wildman–Crippen MR) is 72.0 cm³/mol. The fraction of sp³-hybridized carbons (Fsp3) is 0.273. The van der Waals surface area contributed by atoms with E-state index in [4.69, 9.17) is 11.5 Å². The molecule has 5 N–H and O–H groups in total. The van der Waals surface area contributed by atoms with Crippen molar-refractivity contribution in [2.24, 2.45) is 0 Å². The smallest absolute Gasteiger partial charge is 0.223 e. The van der Waals surface area contributed by atoms with Gasteiger partial charge in [-0.2, -0.15) is 9.97 Å². The first-order valence-corrected chi connectivity index (χ1v) is 6.06. The number of rotatable bonds is 3. The molecule has 0 unspecified atom stereocenters. The van der Waals surface area contributed by atoms with Gasteiger partial charge in [0, 0.05) is 15.8 Å². The molecule has 0 aliphatic rings. The zero-order valence-electron chi connectivity index (χ0n) is 9.82. The van der Waals surface area contributed by atoms with E-state index in [2.05, 4.69) is 35.2 Å². The molecule has 2 aromatic rings. The lowest BCUT2D eigenvalue weighted by Gasteiger charge is -2.05. The Labute approximate surface area is 104 Å². The van der Waals surface area contributed by atoms with Gasteiger partial charge in [0.25, 0.3) is 0 Å². The topological polar surface area (TPSA) is 89.8 Å². The van der Waals surface area contributed by atoms with Crippen molar-refractivity contribution in [3.05, 3.63) is 27.5 Å². The Balaban J connectivity index is 2.07. The number of aryl methyl sites for hydroxylation is 2. The third-order valence-corrected chi connectivity index (χ3v) is 3.58. The minimum Gasteiger partial charge on any atom is -0.383 e. The van der Waals surface area contributed by atoms with Crippen LogP contribution >= 0.6 is 11.3 Å². The van der Waals surface area contributed by atoms with Crippen LogP contribution in [0.1, 0.15) is 15.3 Å². The Morgan fingerprint density at radius 2 is 2.00 bits per heavy atom. The first-order chi connectivity index (χ1) is 8.04. The fourth-order valence-corrected chi connectivity index (χ4v) is 2.48. The van der Waals surface area contributed by atoms with Crippen molar-refractivity contribution in [2.75, 3.05) is 16.8 Å². The highest BCUT2D eigenvalue weighted by atomic mass is 32.1. The number of nitrogens with one attached hydrogen (secondary N) is 1. The van der Waals surface area contributed by atoms with Crippen LogP contribution in [0.5, 0.6) is 0 Å². The Hall–Kier alpha value is -1.82. The molecule has 0 saturated heterocycles. The van der Waals surface area contributed by atoms with Gasteiger partial charge >= 0.3 is 0 Å². The normalized spacial score (nSPS) is 10.5. The molecule has 6 heteroatoms. The van der Waals surface area contributed by atoms with Gasteiger partial charge in [0.15, 0.2) is 0 Å². The van der Waals surface area contributed by atoms with Crippen LogP contribution in [0.2, 0.25) is 0 Å². The molecule has 90 valence electrons. The van der Waals surface area contributed by atoms with Crippen LogP contribution in [0.15, 0.2) is 12.1 Å². The third-order valence-electron chi connectivity index (χ3n) is 2.42. The van der Waals surface area contributed by atoms with E-state index in [-0.39, 0.29) is 5.95 Å². The second-order valence-corrected chi connectivity index (χ2v) is 5.18. The van der Waals surface area contributed by atoms with Crippen molar-refractivity contribution < 1.29 is 0 Å². The molecular formula is C11H15N5S. The zero-order chi connectivity index (χ0) is 12.4. The van der Waals surface area contributed by atoms with Crippen molar-refractivity contribution in [2.45, 2.75) is 20.4 Å². The third kappa shape index (κ3) is 2.85. The van der Waals surface area contributed by atoms with Gasteiger partial charge in [-0.25, -0.2) is 0 Å². The number of nitrogens with zero attached hydrogens (tertiary/aromatic N) is 2. The van der Waals surface area contributed by atoms with E-state index in [0.29, 0.717) is 11.6 Å². The summed E-state index contributed by atoms with van der Waals surface area (Å²) in [5.41, 5.74) is 12.4. The van der Waals surface area contributed by atoms with Crippen LogP contribution in [0.3, 0.4) is 0 Å². The summed E-state index contributed by atoms with van der Waals surface area (Å²) < 4.78 is 0. The van der Waals surface area contributed by atoms with E-state index >= 15 is 0 Å². The van der Waals surface area contributed by atoms with Gasteiger partial charge in [-0.05, 0) is 25.5 Å². The number of anilines is 3. The average molecular weight is 249 g/mol. The van der Waals surface area contributed by atoms with Crippen molar-refractivity contribution in [3.8, 4) is 0 Å². The summed E-state index contributed by atoms with van der Waals surface area (Å²) in [5.74, 6) is 1.21. The Morgan fingerprint density at radius 1 is 1.24 bits per heavy atom. The molecule has 0 saturated carbocycles. The SMILES string of the molecule is Cc1cc(CNc2cc(N)nc(N)n2)sc1C. The van der Waals surface area contributed by atoms with Crippen LogP contribution < -0.4 is 16.8 Å². The molecule has 0 aliphatic carbocycles. The molecule has 0 radical (unpaired) electrons. The van der Waals surface area contributed by atoms with E-state index in [9.17, 15) is 0 Å². The molecule has 0 aliphatic heterocycles. The van der Waals surface area contributed by atoms with Gasteiger partial charge in [0.05, 0.1) is 6.54 Å². The molecule has 0 bridgehead atoms. The highest BCUT2D eigenvalue weighted by Crippen LogP contribution is 2.21. The lowest BCUT2D eigenvalue weighted by molar-refractivity contribution is 1.11. The summed E-state index contributed by atoms with van der Waals surface area (Å²) in [7, 11) is 0. The molecular weight excluding hydrogens is 234 g/mol. The zero-order valence-corrected chi connectivity index (χ0v) is 10.6. The molecule has 17 heavy (non-hydrogen) atoms. The maximum absolute atomic E-state index is 5.59. The lowest BCUT2D eigenvalue weighted by atomic mass is 10.3. The molecule has 0 amide bonds. The van der Waals surface area contributed by atoms with Gasteiger partial charge in [-0.1, -0.05) is 0 Å². The largest absolute Gasteiger partial charge is 0.383 e. The highest BCUT2D eigenvalue weighted by molar-refractivity contribution is 7.12. The number of thiophene rings is 1. The predicted octanol–water partition coefficient (Wildman–Crippen LogP) is 1.93. The maximum atomic E-state index is 5.59. The molecule has 2 heterocycles. The first-order valence-electron chi connectivity index (χ1n) is 5.24. The lowest BCUT2D eigenvalue weighted by Crippen LogP contribution is -2.05. The van der Waals surface area contributed by atoms with E-state index in [0.717, 1.165) is 6.54 Å². The van der Waals surface area contributed by atoms with E-state index < -0.39 is 0 Å². The summed E-state index contributed by atoms with van der Waals surface area (Å²) in [4.78, 5) is 10.5. The number of aromatic nitrogens is 2. The number of hydrogen-bond donors (Lipinski definition) is 3. The number of nitrogen functional groups attached to an aromatic ring is 2. The van der Waals surface area contributed by atoms with Gasteiger partial charge in [-0.15, -0.1) is 11.3 Å². The number of nitrogens with two attached hydrogens (primary N) is 2. The van der Waals surface area contributed by atoms with Crippen molar-refractivity contribution in [3.63, 3.8) is 0 Å². The summed E-state index contributed by atoms with van der Waals surface area (Å²) in [6, 6.07) is 3.84. The summed E-state index contributed by atoms with van der Waals surface area (Å²) >= 11 is 1.77. The molecule has 0 atom stereocenters. The second kappa shape index (κ2) is 4.58. The highest BCUT2D eigenvalue weighted by Gasteiger charge is 2.03. The van der Waals surface area contributed by atoms with Crippen LogP contribution in [0.4, 0.5) is 17.6 Å². The monoisotopic (exact) mass is 249 g/mol. The fourth-order valence-electron chi connectivity index (χ4n) is 1.49. The van der Waals surface area contributed by atoms with Crippen LogP contribution in [0, 0.1) is 13.8 Å². The average Bonchev–Trinajstić information content (AvgIpc) is 2.54. The van der Waals surface area contributed by atoms with Gasteiger partial charge in [0.1, 0.15) is 11.6 Å². The van der Waals surface area contributed by atoms with Crippen LogP contribution in [-0.2, 0) is 6.54 Å². The van der Waals surface area contributed by atoms with Gasteiger partial charge in [0.2, 0.25) is 5.95 Å². The maximum Gasteiger partial charge on any atom is 0.223 e. The number of hydrogen-bond acceptors (Lipinski definition) is 6. The quantitative estimate of drug-likeness (QED) is 0.773. The second-order valence-electron chi connectivity index (χ2n) is 3.84. The summed E-state index contributed by atoms with van der Waals surface area (Å²) in [6.45, 7) is 4.94. The van der Waals surface area contributed by atoms with Gasteiger partial charge in [-0.3, -0.25) is 0 Å². The molecule has 2 aromatic heterocycles. The first kappa shape index (κ1) is 11.7. The van der Waals surface area contributed by atoms with E-state index in [1.54, 1.807) is 17.4 Å². The minimum absolute atomic E-state index is 0.186.